The van der Waals surface area contributed by atoms with Crippen LogP contribution in [0, 0.1) is 5.41 Å². The Bertz CT molecular complexity index is 4840. The standard InChI is InChI=1S/C95H146N24O26/c1-3-4-31-67(85(134)109-70-38-37-62(123)29-20-17-21-32-65(59(2)122)105-89(138)72(47-61-49-101-66-33-25-24-30-64(61)66)110-86(135)68(34-26-41-100-95(97)98)106-88(137)71(46-60-27-18-16-19-28-60)111-93(142)76-48-63(124)52-119(76)94(70)143)107-90(139)73(50-102-81(128)53-118(54-83(130)131)55-84(132)133)112-92(141)75(57-121)113-87(136)69(39-40-77(96)125)108-91(140)74(56-120)104-80(127)51-103-82(129)58-145-45-44-144-43-42-99-79(126)36-23-15-13-11-9-7-5-6-8-10-12-14-22-35-78-114-116-117-115-78/h16,18-19,24-25,27-28,30,33,49,63,65,67-76,101,120-121,124H,3-15,17,20-23,26,29,31-32,34-48,50-58H2,1-2H3,(H2,96,125)(H,99,126)(H,102,128)(H,103,129)(H,104,127)(H,105,138)(H,106,137)(H,107,139)(H,108,140)(H,109,134)(H,110,135)(H,111,142)(H,112,141)(H,113,136)(H,130,131)(H,132,133)(H4,97,98,100)(H,114,115,116,117)/t63-,65+,67+,68+,69+,70+,71-,72+,73+,74+,75+,76+/m1/s1. The number of aliphatic carboxylic acids is 2. The second-order valence-corrected chi connectivity index (χ2v) is 36.1. The fraction of sp³-hybridized carbons (Fsp3) is 0.632. The van der Waals surface area contributed by atoms with E-state index in [9.17, 15) is 97.5 Å². The Morgan fingerprint density at radius 2 is 1.14 bits per heavy atom. The highest BCUT2D eigenvalue weighted by Crippen LogP contribution is 2.25. The normalized spacial score (nSPS) is 18.3. The fourth-order valence-electron chi connectivity index (χ4n) is 16.3. The molecular weight excluding hydrogens is 1890 g/mol. The smallest absolute Gasteiger partial charge is 0.317 e. The molecule has 2 aliphatic rings. The highest BCUT2D eigenvalue weighted by Gasteiger charge is 2.45. The molecule has 6 rings (SSSR count). The number of ketones is 2. The second-order valence-electron chi connectivity index (χ2n) is 36.1. The van der Waals surface area contributed by atoms with Gasteiger partial charge in [-0.3, -0.25) is 101 Å². The number of rotatable bonds is 62. The zero-order chi connectivity index (χ0) is 106. The van der Waals surface area contributed by atoms with Gasteiger partial charge in [0.25, 0.3) is 0 Å². The number of fused-ring (bicyclic) bond motifs is 2. The molecule has 15 amide bonds. The number of Topliss-reactive ketones (excluding diaryl/α,β-unsaturated/α-hetero) is 2. The van der Waals surface area contributed by atoms with Crippen LogP contribution >= 0.6 is 0 Å². The Morgan fingerprint density at radius 1 is 0.559 bits per heavy atom. The molecule has 12 atom stereocenters. The van der Waals surface area contributed by atoms with E-state index in [1.807, 2.05) is 12.1 Å². The number of nitrogens with one attached hydrogen (secondary N) is 17. The Balaban J connectivity index is 1.13. The SMILES string of the molecule is CCCC[C@H](NC(=O)[C@H](CNC(=O)CN(CC(=O)O)CC(=O)O)NC(=O)[C@H](CO)NC(=O)[C@H](CCC(N)=O)NC(=O)[C@H](CO)NC(=O)CNC(=O)COCCOCCNC(=O)CCCCCCCCCCCCCCCc1nnn[nH]1)C(=O)N[C@H]1CCC(=O)CCCCC[C@@H](C(C)=O)NC(=O)[C@H](Cc2c[nH]c3ccccc23)NC(=O)[C@H](CCCNC(=N)N)NC(=O)[C@@H](Cc2ccccc2)NC(=O)[C@@H]2C[C@@H](O)CN2C1=O. The Kier molecular flexibility index (Phi) is 55.6. The third-order valence-electron chi connectivity index (χ3n) is 24.2. The zero-order valence-corrected chi connectivity index (χ0v) is 82.4. The van der Waals surface area contributed by atoms with Crippen LogP contribution in [-0.2, 0) is 120 Å². The summed E-state index contributed by atoms with van der Waals surface area (Å²) in [5.74, 6) is -18.9. The van der Waals surface area contributed by atoms with Crippen LogP contribution in [0.4, 0.5) is 0 Å². The van der Waals surface area contributed by atoms with Crippen LogP contribution in [0.5, 0.6) is 0 Å². The molecule has 0 aliphatic carbocycles. The first-order valence-electron chi connectivity index (χ1n) is 49.6. The number of hydrogen-bond acceptors (Lipinski definition) is 29. The van der Waals surface area contributed by atoms with E-state index < -0.39 is 276 Å². The maximum absolute atomic E-state index is 15.5. The lowest BCUT2D eigenvalue weighted by Crippen LogP contribution is -2.62. The minimum Gasteiger partial charge on any atom is -0.480 e. The molecule has 50 heteroatoms. The largest absolute Gasteiger partial charge is 0.480 e. The first-order chi connectivity index (χ1) is 69.5. The number of ether oxygens (including phenoxy) is 2. The van der Waals surface area contributed by atoms with Crippen molar-refractivity contribution >= 4 is 129 Å². The summed E-state index contributed by atoms with van der Waals surface area (Å²) in [6.45, 7) is -4.88. The molecule has 0 spiro atoms. The van der Waals surface area contributed by atoms with Crippen molar-refractivity contribution in [2.24, 2.45) is 11.5 Å². The Morgan fingerprint density at radius 3 is 1.79 bits per heavy atom. The molecule has 0 saturated carbocycles. The number of aromatic nitrogens is 5. The first kappa shape index (κ1) is 120. The Labute approximate surface area is 839 Å². The average molecular weight is 2040 g/mol. The van der Waals surface area contributed by atoms with E-state index in [0.717, 1.165) is 60.2 Å². The molecule has 50 nitrogen and oxygen atoms in total. The van der Waals surface area contributed by atoms with Gasteiger partial charge in [-0.25, -0.2) is 5.10 Å². The van der Waals surface area contributed by atoms with Gasteiger partial charge in [0, 0.05) is 94.6 Å². The van der Waals surface area contributed by atoms with Crippen LogP contribution in [0.3, 0.4) is 0 Å². The molecule has 2 aromatic carbocycles. The monoisotopic (exact) mass is 2040 g/mol. The minimum absolute atomic E-state index is 0.0308. The number of H-pyrrole nitrogens is 2. The molecule has 4 aromatic rings. The molecule has 802 valence electrons. The van der Waals surface area contributed by atoms with Crippen molar-refractivity contribution in [3.63, 3.8) is 0 Å². The van der Waals surface area contributed by atoms with Gasteiger partial charge in [-0.2, -0.15) is 0 Å². The third kappa shape index (κ3) is 47.2. The summed E-state index contributed by atoms with van der Waals surface area (Å²) < 4.78 is 10.8. The highest BCUT2D eigenvalue weighted by atomic mass is 16.5. The number of hydrogen-bond donors (Lipinski definition) is 24. The first-order valence-corrected chi connectivity index (χ1v) is 49.6. The summed E-state index contributed by atoms with van der Waals surface area (Å²) in [5.41, 5.74) is 12.8. The van der Waals surface area contributed by atoms with Crippen LogP contribution in [0.15, 0.2) is 60.8 Å². The third-order valence-corrected chi connectivity index (χ3v) is 24.2. The molecule has 2 aliphatic heterocycles. The van der Waals surface area contributed by atoms with E-state index in [1.165, 1.54) is 58.3 Å². The predicted molar refractivity (Wildman–Crippen MR) is 522 cm³/mol. The lowest BCUT2D eigenvalue weighted by molar-refractivity contribution is -0.143. The molecule has 4 heterocycles. The number of amides is 15. The number of primary amides is 1. The highest BCUT2D eigenvalue weighted by molar-refractivity contribution is 6.01. The lowest BCUT2D eigenvalue weighted by Gasteiger charge is -2.31. The summed E-state index contributed by atoms with van der Waals surface area (Å²) in [7, 11) is 0. The van der Waals surface area contributed by atoms with Crippen molar-refractivity contribution in [2.75, 3.05) is 92.0 Å². The summed E-state index contributed by atoms with van der Waals surface area (Å²) in [6.07, 6.45) is 13.9. The van der Waals surface area contributed by atoms with E-state index in [4.69, 9.17) is 26.4 Å². The van der Waals surface area contributed by atoms with Gasteiger partial charge in [0.2, 0.25) is 88.6 Å². The lowest BCUT2D eigenvalue weighted by atomic mass is 9.99. The van der Waals surface area contributed by atoms with Crippen LogP contribution in [0.1, 0.15) is 217 Å². The molecule has 0 bridgehead atoms. The van der Waals surface area contributed by atoms with Gasteiger partial charge >= 0.3 is 11.9 Å². The number of carboxylic acid groups (broad SMARTS) is 2. The van der Waals surface area contributed by atoms with Gasteiger partial charge in [-0.05, 0) is 92.3 Å². The number of nitrogens with zero attached hydrogens (tertiary/aromatic N) is 5. The predicted octanol–water partition coefficient (Wildman–Crippen LogP) is -3.56. The van der Waals surface area contributed by atoms with Crippen molar-refractivity contribution < 1.29 is 126 Å². The van der Waals surface area contributed by atoms with Crippen molar-refractivity contribution in [3.05, 3.63) is 77.7 Å². The number of unbranched alkanes of at least 4 members (excludes halogenated alkanes) is 13. The topological polar surface area (TPSA) is 765 Å². The average Bonchev–Trinajstić information content (AvgIpc) is 1.67. The van der Waals surface area contributed by atoms with Crippen molar-refractivity contribution in [1.82, 2.24) is 110 Å². The van der Waals surface area contributed by atoms with Crippen LogP contribution in [-0.4, -0.2) is 344 Å². The van der Waals surface area contributed by atoms with Crippen LogP contribution in [0.25, 0.3) is 10.9 Å². The van der Waals surface area contributed by atoms with Crippen molar-refractivity contribution in [1.29, 1.82) is 5.41 Å². The molecule has 2 saturated heterocycles. The number of carbonyl (C=O) groups excluding carboxylic acids is 17. The number of aliphatic hydroxyl groups is 3. The van der Waals surface area contributed by atoms with E-state index in [2.05, 4.69) is 100 Å². The van der Waals surface area contributed by atoms with Crippen molar-refractivity contribution in [3.8, 4) is 0 Å². The molecule has 145 heavy (non-hydrogen) atoms. The maximum Gasteiger partial charge on any atom is 0.317 e. The maximum atomic E-state index is 15.5. The minimum atomic E-state index is -2.15. The Hall–Kier alpha value is -13.6. The number of nitrogens with two attached hydrogens (primary N) is 2. The van der Waals surface area contributed by atoms with Gasteiger partial charge in [-0.15, -0.1) is 5.10 Å². The second kappa shape index (κ2) is 67.1. The quantitative estimate of drug-likeness (QED) is 0.0116. The number of guanidine groups is 1. The zero-order valence-electron chi connectivity index (χ0n) is 82.4. The molecular formula is C95H146N24O26. The van der Waals surface area contributed by atoms with Gasteiger partial charge in [0.1, 0.15) is 78.6 Å². The number of aryl methyl sites for hydroxylation is 1. The molecule has 2 fully saturated rings. The molecule has 26 N–H and O–H groups in total. The number of aromatic amines is 2. The van der Waals surface area contributed by atoms with E-state index in [-0.39, 0.29) is 103 Å². The summed E-state index contributed by atoms with van der Waals surface area (Å²) in [4.78, 5) is 267. The summed E-state index contributed by atoms with van der Waals surface area (Å²) in [6, 6.07) is -3.25. The number of carboxylic acids is 2. The number of aliphatic hydroxyl groups excluding tert-OH is 3. The van der Waals surface area contributed by atoms with Gasteiger partial charge in [0.05, 0.1) is 71.4 Å². The molecule has 0 unspecified atom stereocenters. The van der Waals surface area contributed by atoms with Gasteiger partial charge in [0.15, 0.2) is 11.7 Å². The van der Waals surface area contributed by atoms with Crippen LogP contribution < -0.4 is 85.9 Å². The molecule has 2 aromatic heterocycles. The van der Waals surface area contributed by atoms with E-state index in [0.29, 0.717) is 35.3 Å². The van der Waals surface area contributed by atoms with E-state index >= 15 is 19.2 Å². The number of para-hydroxylation sites is 1. The van der Waals surface area contributed by atoms with E-state index in [1.54, 1.807) is 55.6 Å². The number of benzene rings is 2. The number of carbonyl (C=O) groups is 19. The van der Waals surface area contributed by atoms with Gasteiger partial charge in [-0.1, -0.05) is 152 Å². The summed E-state index contributed by atoms with van der Waals surface area (Å²) >= 11 is 0. The van der Waals surface area contributed by atoms with Crippen molar-refractivity contribution in [2.45, 2.75) is 292 Å². The van der Waals surface area contributed by atoms with Crippen LogP contribution in [0.2, 0.25) is 0 Å². The molecule has 0 radical (unpaired) electrons. The fourth-order valence-corrected chi connectivity index (χ4v) is 16.3. The van der Waals surface area contributed by atoms with Gasteiger partial charge < -0.3 is 131 Å². The summed E-state index contributed by atoms with van der Waals surface area (Å²) in [5, 5.41) is 109. The number of tetrazole rings is 1.